The zero-order chi connectivity index (χ0) is 19.6. The third-order valence-corrected chi connectivity index (χ3v) is 5.12. The number of esters is 1. The average molecular weight is 408 g/mol. The molecule has 1 aromatic heterocycles. The number of hydrogen-bond donors (Lipinski definition) is 1. The summed E-state index contributed by atoms with van der Waals surface area (Å²) in [6.07, 6.45) is 0. The van der Waals surface area contributed by atoms with E-state index in [0.717, 1.165) is 23.5 Å². The molecule has 1 N–H and O–H groups in total. The first kappa shape index (κ1) is 19.0. The van der Waals surface area contributed by atoms with Gasteiger partial charge >= 0.3 is 5.97 Å². The number of nitrogens with one attached hydrogen (secondary N) is 1. The molecule has 2 aromatic carbocycles. The van der Waals surface area contributed by atoms with Crippen molar-refractivity contribution in [2.45, 2.75) is 0 Å². The van der Waals surface area contributed by atoms with Crippen LogP contribution < -0.4 is 5.32 Å². The molecule has 0 saturated carbocycles. The van der Waals surface area contributed by atoms with Gasteiger partial charge < -0.3 is 10.1 Å². The second-order valence-electron chi connectivity index (χ2n) is 5.40. The summed E-state index contributed by atoms with van der Waals surface area (Å²) in [6, 6.07) is 11.2. The van der Waals surface area contributed by atoms with E-state index in [4.69, 9.17) is 11.6 Å². The van der Waals surface area contributed by atoms with E-state index in [0.29, 0.717) is 21.0 Å². The third-order valence-electron chi connectivity index (χ3n) is 3.69. The molecule has 0 atom stereocenters. The van der Waals surface area contributed by atoms with Crippen molar-refractivity contribution in [2.24, 2.45) is 0 Å². The van der Waals surface area contributed by atoms with Gasteiger partial charge in [0.1, 0.15) is 17.3 Å². The molecule has 1 amide bonds. The maximum Gasteiger partial charge on any atom is 0.337 e. The Labute approximate surface area is 162 Å². The first-order chi connectivity index (χ1) is 12.9. The first-order valence-corrected chi connectivity index (χ1v) is 8.83. The Hall–Kier alpha value is -2.77. The van der Waals surface area contributed by atoms with Crippen LogP contribution in [0.3, 0.4) is 0 Å². The standard InChI is InChI=1S/C19H12ClF2NO3S/c1-26-19(25)10-5-6-11(12(20)9-10)15-7-8-16(27-15)18(24)23-17-13(21)3-2-4-14(17)22/h2-9H,1H3,(H,23,24). The van der Waals surface area contributed by atoms with Crippen LogP contribution in [0.15, 0.2) is 48.5 Å². The molecule has 0 aliphatic carbocycles. The summed E-state index contributed by atoms with van der Waals surface area (Å²) in [6.45, 7) is 0. The molecule has 0 radical (unpaired) electrons. The van der Waals surface area contributed by atoms with Crippen LogP contribution in [-0.2, 0) is 4.74 Å². The lowest BCUT2D eigenvalue weighted by Crippen LogP contribution is -2.12. The van der Waals surface area contributed by atoms with Crippen LogP contribution in [0.5, 0.6) is 0 Å². The predicted octanol–water partition coefficient (Wildman–Crippen LogP) is 5.39. The molecule has 0 aliphatic heterocycles. The monoisotopic (exact) mass is 407 g/mol. The Bertz CT molecular complexity index is 1020. The molecule has 27 heavy (non-hydrogen) atoms. The highest BCUT2D eigenvalue weighted by Gasteiger charge is 2.17. The SMILES string of the molecule is COC(=O)c1ccc(-c2ccc(C(=O)Nc3c(F)cccc3F)s2)c(Cl)c1. The van der Waals surface area contributed by atoms with Crippen LogP contribution in [0, 0.1) is 11.6 Å². The number of thiophene rings is 1. The van der Waals surface area contributed by atoms with Crippen LogP contribution >= 0.6 is 22.9 Å². The number of ether oxygens (including phenoxy) is 1. The van der Waals surface area contributed by atoms with Gasteiger partial charge in [0.25, 0.3) is 5.91 Å². The number of para-hydroxylation sites is 1. The van der Waals surface area contributed by atoms with Gasteiger partial charge in [0, 0.05) is 10.4 Å². The molecule has 0 fully saturated rings. The number of amides is 1. The molecule has 0 saturated heterocycles. The lowest BCUT2D eigenvalue weighted by molar-refractivity contribution is 0.0600. The summed E-state index contributed by atoms with van der Waals surface area (Å²) in [5.41, 5.74) is 0.416. The molecule has 3 rings (SSSR count). The number of methoxy groups -OCH3 is 1. The number of hydrogen-bond acceptors (Lipinski definition) is 4. The minimum absolute atomic E-state index is 0.251. The van der Waals surface area contributed by atoms with Crippen molar-refractivity contribution in [2.75, 3.05) is 12.4 Å². The number of halogens is 3. The number of rotatable bonds is 4. The molecular formula is C19H12ClF2NO3S. The Morgan fingerprint density at radius 2 is 1.78 bits per heavy atom. The van der Waals surface area contributed by atoms with E-state index in [2.05, 4.69) is 10.1 Å². The number of carbonyl (C=O) groups excluding carboxylic acids is 2. The van der Waals surface area contributed by atoms with Gasteiger partial charge in [-0.05, 0) is 36.4 Å². The molecule has 0 bridgehead atoms. The van der Waals surface area contributed by atoms with Gasteiger partial charge in [0.2, 0.25) is 0 Å². The minimum Gasteiger partial charge on any atom is -0.465 e. The summed E-state index contributed by atoms with van der Waals surface area (Å²) in [7, 11) is 1.27. The van der Waals surface area contributed by atoms with Crippen molar-refractivity contribution >= 4 is 40.5 Å². The highest BCUT2D eigenvalue weighted by Crippen LogP contribution is 2.34. The predicted molar refractivity (Wildman–Crippen MR) is 100 cm³/mol. The normalized spacial score (nSPS) is 10.5. The fourth-order valence-corrected chi connectivity index (χ4v) is 3.64. The highest BCUT2D eigenvalue weighted by molar-refractivity contribution is 7.17. The van der Waals surface area contributed by atoms with Gasteiger partial charge in [-0.25, -0.2) is 13.6 Å². The van der Waals surface area contributed by atoms with Crippen LogP contribution in [-0.4, -0.2) is 19.0 Å². The fourth-order valence-electron chi connectivity index (χ4n) is 2.36. The zero-order valence-corrected chi connectivity index (χ0v) is 15.5. The van der Waals surface area contributed by atoms with Gasteiger partial charge in [0.05, 0.1) is 22.6 Å². The lowest BCUT2D eigenvalue weighted by Gasteiger charge is -2.06. The number of anilines is 1. The van der Waals surface area contributed by atoms with E-state index in [1.165, 1.54) is 25.3 Å². The molecule has 138 valence electrons. The second-order valence-corrected chi connectivity index (χ2v) is 6.89. The minimum atomic E-state index is -0.860. The number of benzene rings is 2. The summed E-state index contributed by atoms with van der Waals surface area (Å²) < 4.78 is 32.0. The van der Waals surface area contributed by atoms with Crippen molar-refractivity contribution in [1.82, 2.24) is 0 Å². The van der Waals surface area contributed by atoms with Crippen molar-refractivity contribution < 1.29 is 23.1 Å². The molecule has 8 heteroatoms. The van der Waals surface area contributed by atoms with Gasteiger partial charge in [-0.15, -0.1) is 11.3 Å². The Kier molecular flexibility index (Phi) is 5.53. The third kappa shape index (κ3) is 3.99. The summed E-state index contributed by atoms with van der Waals surface area (Å²) in [4.78, 5) is 24.8. The maximum atomic E-state index is 13.7. The molecule has 0 unspecified atom stereocenters. The van der Waals surface area contributed by atoms with Crippen LogP contribution in [0.2, 0.25) is 5.02 Å². The van der Waals surface area contributed by atoms with Gasteiger partial charge in [-0.3, -0.25) is 4.79 Å². The number of carbonyl (C=O) groups is 2. The Balaban J connectivity index is 1.84. The van der Waals surface area contributed by atoms with E-state index in [1.807, 2.05) is 0 Å². The topological polar surface area (TPSA) is 55.4 Å². The van der Waals surface area contributed by atoms with Crippen LogP contribution in [0.1, 0.15) is 20.0 Å². The smallest absolute Gasteiger partial charge is 0.337 e. The largest absolute Gasteiger partial charge is 0.465 e. The molecule has 4 nitrogen and oxygen atoms in total. The molecule has 3 aromatic rings. The summed E-state index contributed by atoms with van der Waals surface area (Å²) in [5, 5.41) is 2.55. The zero-order valence-electron chi connectivity index (χ0n) is 13.9. The van der Waals surface area contributed by atoms with Gasteiger partial charge in [-0.1, -0.05) is 23.7 Å². The summed E-state index contributed by atoms with van der Waals surface area (Å²) >= 11 is 7.33. The molecular weight excluding hydrogens is 396 g/mol. The average Bonchev–Trinajstić information content (AvgIpc) is 3.14. The van der Waals surface area contributed by atoms with E-state index < -0.39 is 29.2 Å². The molecule has 0 aliphatic rings. The van der Waals surface area contributed by atoms with Crippen molar-refractivity contribution in [1.29, 1.82) is 0 Å². The maximum absolute atomic E-state index is 13.7. The van der Waals surface area contributed by atoms with Crippen molar-refractivity contribution in [3.8, 4) is 10.4 Å². The highest BCUT2D eigenvalue weighted by atomic mass is 35.5. The van der Waals surface area contributed by atoms with Crippen LogP contribution in [0.25, 0.3) is 10.4 Å². The van der Waals surface area contributed by atoms with E-state index >= 15 is 0 Å². The quantitative estimate of drug-likeness (QED) is 0.590. The lowest BCUT2D eigenvalue weighted by atomic mass is 10.1. The second kappa shape index (κ2) is 7.85. The van der Waals surface area contributed by atoms with Crippen molar-refractivity contribution in [3.05, 3.63) is 75.6 Å². The Morgan fingerprint density at radius 3 is 2.41 bits per heavy atom. The summed E-state index contributed by atoms with van der Waals surface area (Å²) in [5.74, 6) is -2.87. The van der Waals surface area contributed by atoms with E-state index in [9.17, 15) is 18.4 Å². The fraction of sp³-hybridized carbons (Fsp3) is 0.0526. The Morgan fingerprint density at radius 1 is 1.07 bits per heavy atom. The van der Waals surface area contributed by atoms with Gasteiger partial charge in [0.15, 0.2) is 0 Å². The molecule has 0 spiro atoms. The van der Waals surface area contributed by atoms with Crippen molar-refractivity contribution in [3.63, 3.8) is 0 Å². The first-order valence-electron chi connectivity index (χ1n) is 7.64. The van der Waals surface area contributed by atoms with Crippen LogP contribution in [0.4, 0.5) is 14.5 Å². The molecule has 1 heterocycles. The van der Waals surface area contributed by atoms with Gasteiger partial charge in [-0.2, -0.15) is 0 Å². The van der Waals surface area contributed by atoms with E-state index in [-0.39, 0.29) is 4.88 Å². The van der Waals surface area contributed by atoms with E-state index in [1.54, 1.807) is 18.2 Å².